The van der Waals surface area contributed by atoms with Gasteiger partial charge >= 0.3 is 0 Å². The summed E-state index contributed by atoms with van der Waals surface area (Å²) < 4.78 is 5.08. The third-order valence-corrected chi connectivity index (χ3v) is 3.03. The van der Waals surface area contributed by atoms with Gasteiger partial charge in [0.1, 0.15) is 11.8 Å². The first-order valence-corrected chi connectivity index (χ1v) is 5.27. The average molecular weight is 208 g/mol. The fraction of sp³-hybridized carbons (Fsp3) is 0.636. The normalized spacial score (nSPS) is 19.7. The Morgan fingerprint density at radius 1 is 1.40 bits per heavy atom. The largest absolute Gasteiger partial charge is 0.480 e. The van der Waals surface area contributed by atoms with Gasteiger partial charge in [-0.2, -0.15) is 0 Å². The summed E-state index contributed by atoms with van der Waals surface area (Å²) in [4.78, 5) is 8.18. The van der Waals surface area contributed by atoms with Crippen LogP contribution >= 0.6 is 0 Å². The molecular weight excluding hydrogens is 192 g/mol. The van der Waals surface area contributed by atoms with Gasteiger partial charge in [0.25, 0.3) is 0 Å². The second-order valence-corrected chi connectivity index (χ2v) is 4.09. The number of aliphatic hydroxyl groups excluding tert-OH is 1. The van der Waals surface area contributed by atoms with Gasteiger partial charge in [-0.1, -0.05) is 6.92 Å². The van der Waals surface area contributed by atoms with Crippen LogP contribution in [-0.4, -0.2) is 22.2 Å². The molecule has 1 heterocycles. The molecule has 0 aromatic carbocycles. The highest BCUT2D eigenvalue weighted by Crippen LogP contribution is 2.43. The Morgan fingerprint density at radius 2 is 2.07 bits per heavy atom. The molecule has 2 rings (SSSR count). The van der Waals surface area contributed by atoms with Crippen molar-refractivity contribution in [2.24, 2.45) is 11.8 Å². The Kier molecular flexibility index (Phi) is 2.86. The molecule has 2 atom stereocenters. The maximum atomic E-state index is 10.1. The Balaban J connectivity index is 2.19. The third-order valence-electron chi connectivity index (χ3n) is 3.03. The van der Waals surface area contributed by atoms with Crippen LogP contribution in [0.15, 0.2) is 12.4 Å². The minimum atomic E-state index is -0.568. The van der Waals surface area contributed by atoms with Gasteiger partial charge in [0, 0.05) is 12.4 Å². The second-order valence-electron chi connectivity index (χ2n) is 4.09. The minimum absolute atomic E-state index is 0.232. The van der Waals surface area contributed by atoms with Crippen molar-refractivity contribution in [3.05, 3.63) is 18.1 Å². The van der Waals surface area contributed by atoms with E-state index in [1.54, 1.807) is 19.5 Å². The average Bonchev–Trinajstić information content (AvgIpc) is 3.11. The molecule has 0 radical (unpaired) electrons. The molecule has 2 unspecified atom stereocenters. The summed E-state index contributed by atoms with van der Waals surface area (Å²) in [5.41, 5.74) is 0.555. The van der Waals surface area contributed by atoms with Crippen molar-refractivity contribution in [3.63, 3.8) is 0 Å². The zero-order valence-corrected chi connectivity index (χ0v) is 9.05. The highest BCUT2D eigenvalue weighted by atomic mass is 16.5. The molecule has 1 aliphatic rings. The zero-order chi connectivity index (χ0) is 10.8. The summed E-state index contributed by atoms with van der Waals surface area (Å²) >= 11 is 0. The van der Waals surface area contributed by atoms with E-state index in [9.17, 15) is 5.11 Å². The lowest BCUT2D eigenvalue weighted by molar-refractivity contribution is 0.0977. The van der Waals surface area contributed by atoms with Gasteiger partial charge in [-0.25, -0.2) is 4.98 Å². The third kappa shape index (κ3) is 2.09. The molecule has 4 nitrogen and oxygen atoms in total. The van der Waals surface area contributed by atoms with Crippen molar-refractivity contribution in [2.75, 3.05) is 7.11 Å². The fourth-order valence-corrected chi connectivity index (χ4v) is 1.82. The molecule has 82 valence electrons. The van der Waals surface area contributed by atoms with E-state index in [0.29, 0.717) is 17.5 Å². The smallest absolute Gasteiger partial charge is 0.238 e. The number of hydrogen-bond acceptors (Lipinski definition) is 4. The molecule has 1 N–H and O–H groups in total. The monoisotopic (exact) mass is 208 g/mol. The predicted octanol–water partition coefficient (Wildman–Crippen LogP) is 1.56. The van der Waals surface area contributed by atoms with E-state index in [2.05, 4.69) is 16.9 Å². The number of nitrogens with zero attached hydrogens (tertiary/aromatic N) is 2. The van der Waals surface area contributed by atoms with Crippen LogP contribution in [0.4, 0.5) is 0 Å². The summed E-state index contributed by atoms with van der Waals surface area (Å²) in [5, 5.41) is 10.1. The molecule has 0 bridgehead atoms. The highest BCUT2D eigenvalue weighted by molar-refractivity contribution is 5.20. The van der Waals surface area contributed by atoms with Crippen molar-refractivity contribution >= 4 is 0 Å². The Hall–Kier alpha value is -1.16. The minimum Gasteiger partial charge on any atom is -0.480 e. The SMILES string of the molecule is COc1nccnc1C(O)C(C)C1CC1. The maximum Gasteiger partial charge on any atom is 0.238 e. The first kappa shape index (κ1) is 10.4. The van der Waals surface area contributed by atoms with Crippen molar-refractivity contribution < 1.29 is 9.84 Å². The lowest BCUT2D eigenvalue weighted by atomic mass is 9.97. The summed E-state index contributed by atoms with van der Waals surface area (Å²) in [6, 6.07) is 0. The van der Waals surface area contributed by atoms with Gasteiger partial charge in [-0.3, -0.25) is 4.98 Å². The van der Waals surface area contributed by atoms with E-state index in [1.807, 2.05) is 0 Å². The first-order chi connectivity index (χ1) is 7.24. The van der Waals surface area contributed by atoms with Crippen LogP contribution in [-0.2, 0) is 0 Å². The summed E-state index contributed by atoms with van der Waals surface area (Å²) in [7, 11) is 1.54. The van der Waals surface area contributed by atoms with E-state index in [0.717, 1.165) is 0 Å². The van der Waals surface area contributed by atoms with Crippen LogP contribution in [0.25, 0.3) is 0 Å². The van der Waals surface area contributed by atoms with Crippen molar-refractivity contribution in [1.82, 2.24) is 9.97 Å². The van der Waals surface area contributed by atoms with Crippen molar-refractivity contribution in [3.8, 4) is 5.88 Å². The lowest BCUT2D eigenvalue weighted by Gasteiger charge is -2.18. The molecule has 0 spiro atoms. The molecular formula is C11H16N2O2. The van der Waals surface area contributed by atoms with E-state index in [1.165, 1.54) is 12.8 Å². The molecule has 0 amide bonds. The van der Waals surface area contributed by atoms with Crippen LogP contribution in [0.2, 0.25) is 0 Å². The predicted molar refractivity (Wildman–Crippen MR) is 55.4 cm³/mol. The van der Waals surface area contributed by atoms with Crippen LogP contribution in [0.1, 0.15) is 31.6 Å². The molecule has 0 saturated heterocycles. The van der Waals surface area contributed by atoms with Crippen LogP contribution < -0.4 is 4.74 Å². The lowest BCUT2D eigenvalue weighted by Crippen LogP contribution is -2.14. The van der Waals surface area contributed by atoms with Crippen LogP contribution in [0.5, 0.6) is 5.88 Å². The zero-order valence-electron chi connectivity index (χ0n) is 9.05. The maximum absolute atomic E-state index is 10.1. The molecule has 15 heavy (non-hydrogen) atoms. The molecule has 4 heteroatoms. The Labute approximate surface area is 89.3 Å². The van der Waals surface area contributed by atoms with Crippen molar-refractivity contribution in [1.29, 1.82) is 0 Å². The van der Waals surface area contributed by atoms with Gasteiger partial charge < -0.3 is 9.84 Å². The Morgan fingerprint density at radius 3 is 2.67 bits per heavy atom. The van der Waals surface area contributed by atoms with E-state index in [4.69, 9.17) is 4.74 Å². The molecule has 1 aromatic heterocycles. The number of aliphatic hydroxyl groups is 1. The quantitative estimate of drug-likeness (QED) is 0.816. The number of hydrogen-bond donors (Lipinski definition) is 1. The van der Waals surface area contributed by atoms with Crippen molar-refractivity contribution in [2.45, 2.75) is 25.9 Å². The summed E-state index contributed by atoms with van der Waals surface area (Å²) in [6.45, 7) is 2.05. The first-order valence-electron chi connectivity index (χ1n) is 5.27. The van der Waals surface area contributed by atoms with E-state index >= 15 is 0 Å². The highest BCUT2D eigenvalue weighted by Gasteiger charge is 2.35. The van der Waals surface area contributed by atoms with Gasteiger partial charge in [0.15, 0.2) is 0 Å². The second kappa shape index (κ2) is 4.14. The van der Waals surface area contributed by atoms with Crippen LogP contribution in [0, 0.1) is 11.8 Å². The van der Waals surface area contributed by atoms with Gasteiger partial charge in [0.2, 0.25) is 5.88 Å². The number of rotatable bonds is 4. The van der Waals surface area contributed by atoms with Crippen LogP contribution in [0.3, 0.4) is 0 Å². The molecule has 1 aromatic rings. The number of methoxy groups -OCH3 is 1. The van der Waals surface area contributed by atoms with Gasteiger partial charge in [-0.15, -0.1) is 0 Å². The number of ether oxygens (including phenoxy) is 1. The number of aromatic nitrogens is 2. The molecule has 1 saturated carbocycles. The van der Waals surface area contributed by atoms with Gasteiger partial charge in [-0.05, 0) is 24.7 Å². The topological polar surface area (TPSA) is 55.2 Å². The summed E-state index contributed by atoms with van der Waals surface area (Å²) in [5.74, 6) is 1.29. The Bertz CT molecular complexity index is 339. The molecule has 1 aliphatic carbocycles. The molecule has 0 aliphatic heterocycles. The molecule has 1 fully saturated rings. The fourth-order valence-electron chi connectivity index (χ4n) is 1.82. The van der Waals surface area contributed by atoms with E-state index < -0.39 is 6.10 Å². The van der Waals surface area contributed by atoms with Gasteiger partial charge in [0.05, 0.1) is 7.11 Å². The standard InChI is InChI=1S/C11H16N2O2/c1-7(8-3-4-8)10(14)9-11(15-2)13-6-5-12-9/h5-8,10,14H,3-4H2,1-2H3. The summed E-state index contributed by atoms with van der Waals surface area (Å²) in [6.07, 6.45) is 5.00. The van der Waals surface area contributed by atoms with E-state index in [-0.39, 0.29) is 5.92 Å².